The molecule has 5 heteroatoms. The zero-order chi connectivity index (χ0) is 13.9. The Labute approximate surface area is 124 Å². The van der Waals surface area contributed by atoms with Crippen molar-refractivity contribution in [2.24, 2.45) is 11.8 Å². The van der Waals surface area contributed by atoms with Gasteiger partial charge in [0.15, 0.2) is 0 Å². The fourth-order valence-electron chi connectivity index (χ4n) is 3.21. The van der Waals surface area contributed by atoms with Crippen molar-refractivity contribution in [3.8, 4) is 0 Å². The van der Waals surface area contributed by atoms with Gasteiger partial charge in [-0.25, -0.2) is 0 Å². The molecule has 0 radical (unpaired) electrons. The summed E-state index contributed by atoms with van der Waals surface area (Å²) in [7, 11) is 0. The number of benzene rings is 1. The molecular formula is C15H20ClN3O. The number of nitrogens with one attached hydrogen (secondary N) is 2. The summed E-state index contributed by atoms with van der Waals surface area (Å²) >= 11 is 6.05. The number of carbonyl (C=O) groups excluding carboxylic acids is 1. The number of para-hydroxylation sites is 1. The first-order valence-corrected chi connectivity index (χ1v) is 7.57. The number of amides is 1. The number of nitrogens with zero attached hydrogens (tertiary/aromatic N) is 1. The Kier molecular flexibility index (Phi) is 4.24. The molecule has 0 spiro atoms. The Morgan fingerprint density at radius 2 is 2.15 bits per heavy atom. The van der Waals surface area contributed by atoms with Crippen LogP contribution in [0.1, 0.15) is 6.42 Å². The second-order valence-corrected chi connectivity index (χ2v) is 6.14. The minimum absolute atomic E-state index is 0.0162. The number of fused-ring (bicyclic) bond motifs is 1. The molecular weight excluding hydrogens is 274 g/mol. The van der Waals surface area contributed by atoms with E-state index < -0.39 is 0 Å². The number of likely N-dealkylation sites (tertiary alicyclic amines) is 1. The number of hydrogen-bond acceptors (Lipinski definition) is 3. The van der Waals surface area contributed by atoms with Gasteiger partial charge in [-0.1, -0.05) is 23.7 Å². The zero-order valence-corrected chi connectivity index (χ0v) is 12.2. The molecule has 2 aliphatic rings. The molecule has 4 nitrogen and oxygen atoms in total. The van der Waals surface area contributed by atoms with Gasteiger partial charge in [-0.05, 0) is 50.0 Å². The molecule has 2 unspecified atom stereocenters. The highest BCUT2D eigenvalue weighted by atomic mass is 35.5. The second-order valence-electron chi connectivity index (χ2n) is 5.73. The lowest BCUT2D eigenvalue weighted by atomic mass is 9.89. The zero-order valence-electron chi connectivity index (χ0n) is 11.4. The van der Waals surface area contributed by atoms with Crippen LogP contribution >= 0.6 is 11.6 Å². The molecule has 2 aliphatic heterocycles. The molecule has 2 heterocycles. The van der Waals surface area contributed by atoms with Gasteiger partial charge < -0.3 is 10.6 Å². The van der Waals surface area contributed by atoms with Crippen molar-refractivity contribution in [2.75, 3.05) is 38.0 Å². The maximum Gasteiger partial charge on any atom is 0.238 e. The van der Waals surface area contributed by atoms with Crippen molar-refractivity contribution >= 4 is 23.2 Å². The largest absolute Gasteiger partial charge is 0.324 e. The molecule has 20 heavy (non-hydrogen) atoms. The summed E-state index contributed by atoms with van der Waals surface area (Å²) < 4.78 is 0. The third-order valence-corrected chi connectivity index (χ3v) is 4.63. The Morgan fingerprint density at radius 3 is 3.00 bits per heavy atom. The number of halogens is 1. The highest BCUT2D eigenvalue weighted by Gasteiger charge is 2.33. The summed E-state index contributed by atoms with van der Waals surface area (Å²) in [6.07, 6.45) is 1.19. The number of rotatable bonds is 3. The molecule has 1 aromatic carbocycles. The summed E-state index contributed by atoms with van der Waals surface area (Å²) in [6, 6.07) is 7.34. The summed E-state index contributed by atoms with van der Waals surface area (Å²) in [5, 5.41) is 6.91. The lowest BCUT2D eigenvalue weighted by Crippen LogP contribution is -2.43. The van der Waals surface area contributed by atoms with Gasteiger partial charge in [0.05, 0.1) is 17.3 Å². The number of hydrogen-bond donors (Lipinski definition) is 2. The molecule has 2 saturated heterocycles. The van der Waals surface area contributed by atoms with E-state index in [1.807, 2.05) is 18.2 Å². The summed E-state index contributed by atoms with van der Waals surface area (Å²) in [6.45, 7) is 4.72. The standard InChI is InChI=1S/C15H20ClN3O/c16-13-3-1-2-4-14(13)18-15(20)10-19-6-5-11-7-17-8-12(11)9-19/h1-4,11-12,17H,5-10H2,(H,18,20). The van der Waals surface area contributed by atoms with E-state index in [1.165, 1.54) is 6.42 Å². The SMILES string of the molecule is O=C(CN1CCC2CNCC2C1)Nc1ccccc1Cl. The normalized spacial score (nSPS) is 26.2. The van der Waals surface area contributed by atoms with Crippen LogP contribution in [0.3, 0.4) is 0 Å². The summed E-state index contributed by atoms with van der Waals surface area (Å²) in [5.74, 6) is 1.53. The number of piperidine rings is 1. The van der Waals surface area contributed by atoms with Crippen LogP contribution in [0.5, 0.6) is 0 Å². The van der Waals surface area contributed by atoms with E-state index in [-0.39, 0.29) is 5.91 Å². The molecule has 0 saturated carbocycles. The first-order valence-electron chi connectivity index (χ1n) is 7.20. The molecule has 0 aliphatic carbocycles. The molecule has 2 atom stereocenters. The molecule has 108 valence electrons. The molecule has 0 aromatic heterocycles. The molecule has 0 bridgehead atoms. The molecule has 3 rings (SSSR count). The fraction of sp³-hybridized carbons (Fsp3) is 0.533. The average Bonchev–Trinajstić information content (AvgIpc) is 2.89. The Bertz CT molecular complexity index is 494. The monoisotopic (exact) mass is 293 g/mol. The van der Waals surface area contributed by atoms with E-state index >= 15 is 0 Å². The molecule has 2 fully saturated rings. The Balaban J connectivity index is 1.53. The minimum Gasteiger partial charge on any atom is -0.324 e. The Morgan fingerprint density at radius 1 is 1.35 bits per heavy atom. The predicted octanol–water partition coefficient (Wildman–Crippen LogP) is 1.82. The van der Waals surface area contributed by atoms with Crippen LogP contribution in [0.2, 0.25) is 5.02 Å². The first-order chi connectivity index (χ1) is 9.72. The van der Waals surface area contributed by atoms with Crippen LogP contribution in [-0.4, -0.2) is 43.5 Å². The lowest BCUT2D eigenvalue weighted by molar-refractivity contribution is -0.117. The third-order valence-electron chi connectivity index (χ3n) is 4.30. The van der Waals surface area contributed by atoms with Crippen LogP contribution in [0.25, 0.3) is 0 Å². The minimum atomic E-state index is 0.0162. The van der Waals surface area contributed by atoms with Crippen molar-refractivity contribution < 1.29 is 4.79 Å². The van der Waals surface area contributed by atoms with Crippen LogP contribution < -0.4 is 10.6 Å². The van der Waals surface area contributed by atoms with Crippen molar-refractivity contribution in [3.63, 3.8) is 0 Å². The topological polar surface area (TPSA) is 44.4 Å². The maximum atomic E-state index is 12.1. The van der Waals surface area contributed by atoms with Crippen LogP contribution in [0.4, 0.5) is 5.69 Å². The van der Waals surface area contributed by atoms with Crippen LogP contribution in [-0.2, 0) is 4.79 Å². The quantitative estimate of drug-likeness (QED) is 0.893. The smallest absolute Gasteiger partial charge is 0.238 e. The maximum absolute atomic E-state index is 12.1. The molecule has 1 aromatic rings. The van der Waals surface area contributed by atoms with Gasteiger partial charge in [-0.15, -0.1) is 0 Å². The Hall–Kier alpha value is -1.10. The summed E-state index contributed by atoms with van der Waals surface area (Å²) in [5.41, 5.74) is 0.691. The lowest BCUT2D eigenvalue weighted by Gasteiger charge is -2.33. The average molecular weight is 294 g/mol. The molecule has 1 amide bonds. The van der Waals surface area contributed by atoms with Gasteiger partial charge in [0, 0.05) is 6.54 Å². The number of anilines is 1. The van der Waals surface area contributed by atoms with Crippen molar-refractivity contribution in [1.29, 1.82) is 0 Å². The van der Waals surface area contributed by atoms with Gasteiger partial charge in [0.1, 0.15) is 0 Å². The van der Waals surface area contributed by atoms with Crippen molar-refractivity contribution in [1.82, 2.24) is 10.2 Å². The van der Waals surface area contributed by atoms with E-state index in [4.69, 9.17) is 11.6 Å². The van der Waals surface area contributed by atoms with Crippen molar-refractivity contribution in [3.05, 3.63) is 29.3 Å². The van der Waals surface area contributed by atoms with Crippen LogP contribution in [0.15, 0.2) is 24.3 Å². The highest BCUT2D eigenvalue weighted by Crippen LogP contribution is 2.26. The fourth-order valence-corrected chi connectivity index (χ4v) is 3.39. The van der Waals surface area contributed by atoms with Gasteiger partial charge in [0.25, 0.3) is 0 Å². The third kappa shape index (κ3) is 3.14. The highest BCUT2D eigenvalue weighted by molar-refractivity contribution is 6.33. The van der Waals surface area contributed by atoms with Crippen molar-refractivity contribution in [2.45, 2.75) is 6.42 Å². The van der Waals surface area contributed by atoms with Crippen LogP contribution in [0, 0.1) is 11.8 Å². The van der Waals surface area contributed by atoms with E-state index in [2.05, 4.69) is 15.5 Å². The van der Waals surface area contributed by atoms with Gasteiger partial charge >= 0.3 is 0 Å². The second kappa shape index (κ2) is 6.12. The van der Waals surface area contributed by atoms with E-state index in [0.717, 1.165) is 32.1 Å². The summed E-state index contributed by atoms with van der Waals surface area (Å²) in [4.78, 5) is 14.3. The van der Waals surface area contributed by atoms with E-state index in [9.17, 15) is 4.79 Å². The first kappa shape index (κ1) is 13.9. The van der Waals surface area contributed by atoms with Gasteiger partial charge in [-0.2, -0.15) is 0 Å². The molecule has 2 N–H and O–H groups in total. The number of carbonyl (C=O) groups is 1. The predicted molar refractivity (Wildman–Crippen MR) is 81.0 cm³/mol. The van der Waals surface area contributed by atoms with Gasteiger partial charge in [-0.3, -0.25) is 9.69 Å². The van der Waals surface area contributed by atoms with Gasteiger partial charge in [0.2, 0.25) is 5.91 Å². The van der Waals surface area contributed by atoms with E-state index in [0.29, 0.717) is 23.2 Å². The van der Waals surface area contributed by atoms with E-state index in [1.54, 1.807) is 6.07 Å².